The van der Waals surface area contributed by atoms with Crippen LogP contribution in [-0.4, -0.2) is 29.9 Å². The number of hydrogen-bond acceptors (Lipinski definition) is 4. The van der Waals surface area contributed by atoms with Crippen LogP contribution in [0.2, 0.25) is 0 Å². The molecule has 2 rings (SSSR count). The van der Waals surface area contributed by atoms with E-state index in [-0.39, 0.29) is 11.5 Å². The molecule has 0 aromatic rings. The Bertz CT molecular complexity index is 351. The molecule has 0 radical (unpaired) electrons. The van der Waals surface area contributed by atoms with Gasteiger partial charge in [0.15, 0.2) is 11.5 Å². The Balaban J connectivity index is 2.54. The lowest BCUT2D eigenvalue weighted by atomic mass is 10.3. The molecular formula is C5HFN4O. The molecule has 54 valence electrons. The fourth-order valence-corrected chi connectivity index (χ4v) is 0.742. The summed E-state index contributed by atoms with van der Waals surface area (Å²) in [7, 11) is 0. The third-order valence-corrected chi connectivity index (χ3v) is 1.17. The van der Waals surface area contributed by atoms with Crippen molar-refractivity contribution in [1.29, 1.82) is 0 Å². The maximum absolute atomic E-state index is 12.3. The topological polar surface area (TPSA) is 66.5 Å². The van der Waals surface area contributed by atoms with Gasteiger partial charge in [-0.2, -0.15) is 14.4 Å². The molecule has 0 saturated carbocycles. The number of rotatable bonds is 0. The van der Waals surface area contributed by atoms with E-state index < -0.39 is 12.0 Å². The van der Waals surface area contributed by atoms with Crippen molar-refractivity contribution in [3.8, 4) is 0 Å². The van der Waals surface area contributed by atoms with Gasteiger partial charge in [-0.05, 0) is 0 Å². The minimum atomic E-state index is -1.07. The van der Waals surface area contributed by atoms with Crippen molar-refractivity contribution in [1.82, 2.24) is 0 Å². The van der Waals surface area contributed by atoms with Gasteiger partial charge < -0.3 is 0 Å². The quantitative estimate of drug-likeness (QED) is 0.440. The second-order valence-corrected chi connectivity index (χ2v) is 1.84. The maximum atomic E-state index is 12.3. The number of amides is 1. The van der Waals surface area contributed by atoms with Gasteiger partial charge >= 0.3 is 12.0 Å². The van der Waals surface area contributed by atoms with Crippen LogP contribution in [0.1, 0.15) is 0 Å². The number of fused-ring (bicyclic) bond motifs is 1. The Morgan fingerprint density at radius 2 is 2.18 bits per heavy atom. The number of aliphatic imine (C=N–C) groups is 4. The molecule has 0 bridgehead atoms. The number of hydrogen-bond donors (Lipinski definition) is 0. The minimum absolute atomic E-state index is 0.00231. The van der Waals surface area contributed by atoms with Crippen LogP contribution in [0.3, 0.4) is 0 Å². The third-order valence-electron chi connectivity index (χ3n) is 1.17. The van der Waals surface area contributed by atoms with Crippen LogP contribution in [0.4, 0.5) is 4.39 Å². The zero-order valence-electron chi connectivity index (χ0n) is 5.15. The molecule has 0 aromatic heterocycles. The molecule has 0 aliphatic carbocycles. The maximum Gasteiger partial charge on any atom is 0.314 e. The number of nitrogens with zero attached hydrogens (tertiary/aromatic N) is 4. The van der Waals surface area contributed by atoms with Gasteiger partial charge in [0.25, 0.3) is 0 Å². The summed E-state index contributed by atoms with van der Waals surface area (Å²) < 4.78 is 12.3. The van der Waals surface area contributed by atoms with E-state index in [2.05, 4.69) is 20.0 Å². The van der Waals surface area contributed by atoms with Crippen LogP contribution in [0.25, 0.3) is 0 Å². The summed E-state index contributed by atoms with van der Waals surface area (Å²) in [6, 6.07) is 0. The van der Waals surface area contributed by atoms with Crippen LogP contribution < -0.4 is 0 Å². The van der Waals surface area contributed by atoms with Crippen molar-refractivity contribution in [2.24, 2.45) is 20.0 Å². The van der Waals surface area contributed by atoms with Crippen LogP contribution >= 0.6 is 0 Å². The highest BCUT2D eigenvalue weighted by atomic mass is 19.1. The highest BCUT2D eigenvalue weighted by Gasteiger charge is 2.25. The van der Waals surface area contributed by atoms with Gasteiger partial charge in [0.05, 0.1) is 0 Å². The summed E-state index contributed by atoms with van der Waals surface area (Å²) >= 11 is 0. The lowest BCUT2D eigenvalue weighted by molar-refractivity contribution is -0.111. The van der Waals surface area contributed by atoms with E-state index in [4.69, 9.17) is 0 Å². The Labute approximate surface area is 60.1 Å². The predicted octanol–water partition coefficient (Wildman–Crippen LogP) is -0.266. The molecule has 5 nitrogen and oxygen atoms in total. The molecule has 0 spiro atoms. The molecule has 2 aliphatic rings. The van der Waals surface area contributed by atoms with Gasteiger partial charge in [-0.15, -0.1) is 0 Å². The van der Waals surface area contributed by atoms with Gasteiger partial charge in [-0.25, -0.2) is 9.98 Å². The summed E-state index contributed by atoms with van der Waals surface area (Å²) in [5, 5.41) is 0. The van der Waals surface area contributed by atoms with Crippen molar-refractivity contribution in [3.05, 3.63) is 0 Å². The molecule has 0 unspecified atom stereocenters. The SMILES string of the molecule is O=C1N=C(F)N=C2N=CN=C12. The zero-order chi connectivity index (χ0) is 7.84. The third kappa shape index (κ3) is 0.794. The van der Waals surface area contributed by atoms with E-state index in [0.29, 0.717) is 0 Å². The van der Waals surface area contributed by atoms with Crippen LogP contribution in [0.5, 0.6) is 0 Å². The number of carbonyl (C=O) groups is 1. The first-order valence-corrected chi connectivity index (χ1v) is 2.75. The first-order chi connectivity index (χ1) is 5.27. The highest BCUT2D eigenvalue weighted by Crippen LogP contribution is 2.04. The predicted molar refractivity (Wildman–Crippen MR) is 36.9 cm³/mol. The Morgan fingerprint density at radius 3 is 3.00 bits per heavy atom. The van der Waals surface area contributed by atoms with E-state index in [1.165, 1.54) is 0 Å². The molecule has 11 heavy (non-hydrogen) atoms. The summed E-state index contributed by atoms with van der Waals surface area (Å²) in [4.78, 5) is 24.0. The van der Waals surface area contributed by atoms with Gasteiger partial charge in [-0.1, -0.05) is 0 Å². The molecule has 0 N–H and O–H groups in total. The average molecular weight is 152 g/mol. The van der Waals surface area contributed by atoms with Crippen LogP contribution in [0.15, 0.2) is 20.0 Å². The summed E-state index contributed by atoms with van der Waals surface area (Å²) in [6.45, 7) is 0. The fourth-order valence-electron chi connectivity index (χ4n) is 0.742. The molecule has 0 saturated heterocycles. The van der Waals surface area contributed by atoms with Gasteiger partial charge in [0.2, 0.25) is 0 Å². The molecule has 2 aliphatic heterocycles. The lowest BCUT2D eigenvalue weighted by Crippen LogP contribution is -2.23. The van der Waals surface area contributed by atoms with Crippen LogP contribution in [0, 0.1) is 0 Å². The molecule has 2 heterocycles. The number of amidine groups is 2. The summed E-state index contributed by atoms with van der Waals surface area (Å²) in [6.07, 6.45) is 0.0724. The first kappa shape index (κ1) is 6.02. The van der Waals surface area contributed by atoms with E-state index in [0.717, 1.165) is 6.34 Å². The minimum Gasteiger partial charge on any atom is -0.265 e. The number of halogens is 1. The second-order valence-electron chi connectivity index (χ2n) is 1.84. The summed E-state index contributed by atoms with van der Waals surface area (Å²) in [5.41, 5.74) is 0.00593. The van der Waals surface area contributed by atoms with Crippen molar-refractivity contribution in [2.45, 2.75) is 0 Å². The van der Waals surface area contributed by atoms with Crippen molar-refractivity contribution >= 4 is 29.9 Å². The standard InChI is InChI=1S/C5HFN4O/c6-5-9-3-2(4(11)10-5)7-1-8-3/h1H. The van der Waals surface area contributed by atoms with Crippen LogP contribution in [-0.2, 0) is 4.79 Å². The second kappa shape index (κ2) is 1.88. The van der Waals surface area contributed by atoms with E-state index in [1.54, 1.807) is 0 Å². The Kier molecular flexibility index (Phi) is 1.03. The molecule has 1 amide bonds. The van der Waals surface area contributed by atoms with E-state index in [1.807, 2.05) is 0 Å². The average Bonchev–Trinajstić information content (AvgIpc) is 2.34. The molecule has 0 fully saturated rings. The van der Waals surface area contributed by atoms with Gasteiger partial charge in [0, 0.05) is 0 Å². The normalized spacial score (nSPS) is 20.8. The van der Waals surface area contributed by atoms with E-state index in [9.17, 15) is 9.18 Å². The fraction of sp³-hybridized carbons (Fsp3) is 0. The van der Waals surface area contributed by atoms with Gasteiger partial charge in [-0.3, -0.25) is 4.79 Å². The zero-order valence-corrected chi connectivity index (χ0v) is 5.15. The molecular weight excluding hydrogens is 151 g/mol. The van der Waals surface area contributed by atoms with Crippen molar-refractivity contribution in [2.75, 3.05) is 0 Å². The van der Waals surface area contributed by atoms with Crippen molar-refractivity contribution in [3.63, 3.8) is 0 Å². The summed E-state index contributed by atoms with van der Waals surface area (Å²) in [5.74, 6) is -0.729. The molecule has 6 heteroatoms. The molecule has 0 aromatic carbocycles. The number of carbonyl (C=O) groups excluding carboxylic acids is 1. The van der Waals surface area contributed by atoms with Gasteiger partial charge in [0.1, 0.15) is 6.34 Å². The largest absolute Gasteiger partial charge is 0.314 e. The lowest BCUT2D eigenvalue weighted by Gasteiger charge is -1.99. The highest BCUT2D eigenvalue weighted by molar-refractivity contribution is 6.71. The van der Waals surface area contributed by atoms with E-state index >= 15 is 0 Å². The van der Waals surface area contributed by atoms with Crippen molar-refractivity contribution < 1.29 is 9.18 Å². The molecule has 0 atom stereocenters. The smallest absolute Gasteiger partial charge is 0.265 e. The first-order valence-electron chi connectivity index (χ1n) is 2.75. The monoisotopic (exact) mass is 152 g/mol. The Morgan fingerprint density at radius 1 is 1.36 bits per heavy atom. The Hall–Kier alpha value is -1.72.